The van der Waals surface area contributed by atoms with E-state index in [-0.39, 0.29) is 25.7 Å². The van der Waals surface area contributed by atoms with Gasteiger partial charge in [-0.05, 0) is 173 Å². The zero-order chi connectivity index (χ0) is 80.3. The topological polar surface area (TPSA) is 237 Å². The van der Waals surface area contributed by atoms with E-state index in [0.717, 1.165) is 186 Å². The molecule has 0 aromatic heterocycles. The minimum absolute atomic E-state index is 0.0249. The van der Waals surface area contributed by atoms with Gasteiger partial charge in [-0.15, -0.1) is 0 Å². The van der Waals surface area contributed by atoms with Crippen LogP contribution < -0.4 is 0 Å². The fourth-order valence-corrected chi connectivity index (χ4v) is 11.9. The molecule has 0 radical (unpaired) electrons. The van der Waals surface area contributed by atoms with Gasteiger partial charge in [0.1, 0.15) is 19.3 Å². The predicted octanol–water partition coefficient (Wildman–Crippen LogP) is 24.9. The summed E-state index contributed by atoms with van der Waals surface area (Å²) in [4.78, 5) is 73.2. The molecule has 0 rings (SSSR count). The second-order valence-corrected chi connectivity index (χ2v) is 29.8. The molecule has 0 spiro atoms. The Morgan fingerprint density at radius 1 is 0.264 bits per heavy atom. The van der Waals surface area contributed by atoms with Crippen LogP contribution in [0.25, 0.3) is 0 Å². The van der Waals surface area contributed by atoms with Gasteiger partial charge in [0.05, 0.1) is 26.4 Å². The third-order valence-electron chi connectivity index (χ3n) is 16.5. The van der Waals surface area contributed by atoms with Crippen LogP contribution in [-0.4, -0.2) is 96.7 Å². The van der Waals surface area contributed by atoms with Crippen LogP contribution in [0.4, 0.5) is 0 Å². The number of carbonyl (C=O) groups is 4. The van der Waals surface area contributed by atoms with Crippen LogP contribution in [-0.2, 0) is 65.4 Å². The van der Waals surface area contributed by atoms with Gasteiger partial charge in [0.25, 0.3) is 0 Å². The van der Waals surface area contributed by atoms with Crippen LogP contribution in [0.5, 0.6) is 0 Å². The molecular formula is C91H146O17P2. The van der Waals surface area contributed by atoms with Gasteiger partial charge in [0, 0.05) is 25.7 Å². The first-order chi connectivity index (χ1) is 53.7. The molecule has 622 valence electrons. The lowest BCUT2D eigenvalue weighted by molar-refractivity contribution is -0.161. The van der Waals surface area contributed by atoms with Crippen molar-refractivity contribution in [2.45, 2.75) is 316 Å². The molecule has 19 heteroatoms. The number of allylic oxidation sites excluding steroid dienone is 32. The number of aliphatic hydroxyl groups excluding tert-OH is 1. The third kappa shape index (κ3) is 80.0. The van der Waals surface area contributed by atoms with Gasteiger partial charge in [-0.1, -0.05) is 293 Å². The lowest BCUT2D eigenvalue weighted by Crippen LogP contribution is -2.30. The zero-order valence-electron chi connectivity index (χ0n) is 68.1. The van der Waals surface area contributed by atoms with Crippen molar-refractivity contribution in [3.8, 4) is 0 Å². The van der Waals surface area contributed by atoms with E-state index in [9.17, 15) is 43.2 Å². The fraction of sp³-hybridized carbons (Fsp3) is 0.604. The number of carbonyl (C=O) groups excluding carboxylic acids is 4. The highest BCUT2D eigenvalue weighted by Gasteiger charge is 2.30. The molecule has 0 aliphatic carbocycles. The van der Waals surface area contributed by atoms with E-state index in [1.807, 2.05) is 18.2 Å². The number of phosphoric acid groups is 2. The highest BCUT2D eigenvalue weighted by Crippen LogP contribution is 2.45. The molecule has 5 unspecified atom stereocenters. The summed E-state index contributed by atoms with van der Waals surface area (Å²) >= 11 is 0. The Labute approximate surface area is 666 Å². The Morgan fingerprint density at radius 2 is 0.491 bits per heavy atom. The summed E-state index contributed by atoms with van der Waals surface area (Å²) in [6.45, 7) is 4.34. The van der Waals surface area contributed by atoms with Gasteiger partial charge in [-0.25, -0.2) is 9.13 Å². The van der Waals surface area contributed by atoms with Crippen LogP contribution in [0, 0.1) is 0 Å². The van der Waals surface area contributed by atoms with Gasteiger partial charge in [0.15, 0.2) is 12.2 Å². The molecule has 5 atom stereocenters. The summed E-state index contributed by atoms with van der Waals surface area (Å²) in [5, 5.41) is 10.7. The van der Waals surface area contributed by atoms with Crippen LogP contribution in [0.3, 0.4) is 0 Å². The molecule has 0 aliphatic rings. The van der Waals surface area contributed by atoms with E-state index < -0.39 is 97.5 Å². The number of hydrogen-bond acceptors (Lipinski definition) is 15. The van der Waals surface area contributed by atoms with Crippen molar-refractivity contribution < 1.29 is 80.2 Å². The minimum atomic E-state index is -5.02. The molecule has 0 heterocycles. The molecule has 110 heavy (non-hydrogen) atoms. The maximum Gasteiger partial charge on any atom is 0.472 e. The molecule has 0 saturated heterocycles. The zero-order valence-corrected chi connectivity index (χ0v) is 69.9. The average molecular weight is 1570 g/mol. The second kappa shape index (κ2) is 80.9. The Kier molecular flexibility index (Phi) is 76.4. The number of ether oxygens (including phenoxy) is 4. The SMILES string of the molecule is CC/C=C\C/C=C\C/C=C\C/C=C\C/C=C\C/C=C\CCC(=O)OCC(COP(=O)(O)OCC(O)COP(=O)(O)OCC(COC(=O)CCCCCCCCC/C=C\C/C=C\C/C=C\CC)OC(=O)CCCC/C=C\C/C=C\C/C=C\C/C=C\CC)OC(=O)CCCCCCCC/C=C\C/C=C\C/C=C\CCCCC. The standard InChI is InChI=1S/C91H146O17P2/c1-5-9-13-17-21-25-29-33-37-40-42-45-49-52-56-60-64-68-72-76-89(94)102-82-87(108-91(96)78-74-70-66-62-58-54-50-46-43-41-38-34-30-26-22-18-14-10-6-2)84-106-110(99,100)104-80-85(92)79-103-109(97,98)105-83-86(107-90(95)77-73-69-65-61-57-53-47-36-32-28-24-20-16-12-8-4)81-101-88(93)75-71-67-63-59-55-51-48-44-39-35-31-27-23-19-15-11-7-3/h9,11-13,15-16,21-28,33-39,42-43,45-47,52,56-57,61,64,68,85-87,92H,5-8,10,14,17-20,29-32,40-41,44,48-51,53-55,58-60,62-63,65-67,69-84H2,1-4H3,(H,97,98)(H,99,100)/b13-9-,15-11-,16-12-,25-21-,26-22-,27-23-,28-24-,37-33-,38-34-,39-35-,45-42-,46-43-,47-36-,56-52-,61-57-,68-64-. The molecule has 0 aromatic rings. The number of unbranched alkanes of at least 4 members (excludes halogenated alkanes) is 18. The maximum atomic E-state index is 13.1. The van der Waals surface area contributed by atoms with Crippen molar-refractivity contribution in [3.63, 3.8) is 0 Å². The Morgan fingerprint density at radius 3 is 0.800 bits per heavy atom. The van der Waals surface area contributed by atoms with Crippen LogP contribution in [0.15, 0.2) is 194 Å². The smallest absolute Gasteiger partial charge is 0.462 e. The van der Waals surface area contributed by atoms with Crippen LogP contribution in [0.2, 0.25) is 0 Å². The van der Waals surface area contributed by atoms with E-state index in [2.05, 4.69) is 204 Å². The highest BCUT2D eigenvalue weighted by atomic mass is 31.2. The molecule has 17 nitrogen and oxygen atoms in total. The van der Waals surface area contributed by atoms with Crippen molar-refractivity contribution >= 4 is 39.5 Å². The normalized spacial score (nSPS) is 14.8. The Balaban J connectivity index is 5.52. The summed E-state index contributed by atoms with van der Waals surface area (Å²) < 4.78 is 68.6. The van der Waals surface area contributed by atoms with Crippen molar-refractivity contribution in [3.05, 3.63) is 194 Å². The highest BCUT2D eigenvalue weighted by molar-refractivity contribution is 7.47. The molecule has 0 bridgehead atoms. The first kappa shape index (κ1) is 104. The summed E-state index contributed by atoms with van der Waals surface area (Å²) in [6.07, 6.45) is 99.9. The average Bonchev–Trinajstić information content (AvgIpc) is 0.900. The van der Waals surface area contributed by atoms with Gasteiger partial charge in [-0.3, -0.25) is 37.3 Å². The number of hydrogen-bond donors (Lipinski definition) is 3. The number of esters is 4. The predicted molar refractivity (Wildman–Crippen MR) is 454 cm³/mol. The van der Waals surface area contributed by atoms with Gasteiger partial charge < -0.3 is 33.8 Å². The lowest BCUT2D eigenvalue weighted by Gasteiger charge is -2.21. The lowest BCUT2D eigenvalue weighted by atomic mass is 10.1. The monoisotopic (exact) mass is 1570 g/mol. The number of phosphoric ester groups is 2. The summed E-state index contributed by atoms with van der Waals surface area (Å²) in [7, 11) is -10.0. The van der Waals surface area contributed by atoms with Crippen LogP contribution in [0.1, 0.15) is 297 Å². The van der Waals surface area contributed by atoms with E-state index in [4.69, 9.17) is 37.0 Å². The number of aliphatic hydroxyl groups is 1. The first-order valence-electron chi connectivity index (χ1n) is 41.7. The van der Waals surface area contributed by atoms with Gasteiger partial charge in [0.2, 0.25) is 0 Å². The molecule has 0 fully saturated rings. The quantitative estimate of drug-likeness (QED) is 0.0169. The van der Waals surface area contributed by atoms with Crippen molar-refractivity contribution in [2.24, 2.45) is 0 Å². The molecule has 0 saturated carbocycles. The Hall–Kier alpha value is -6.10. The third-order valence-corrected chi connectivity index (χ3v) is 18.4. The van der Waals surface area contributed by atoms with E-state index >= 15 is 0 Å². The van der Waals surface area contributed by atoms with Crippen molar-refractivity contribution in [1.82, 2.24) is 0 Å². The van der Waals surface area contributed by atoms with Crippen molar-refractivity contribution in [2.75, 3.05) is 39.6 Å². The fourth-order valence-electron chi connectivity index (χ4n) is 10.3. The molecule has 0 aromatic carbocycles. The number of rotatable bonds is 76. The van der Waals surface area contributed by atoms with Gasteiger partial charge in [-0.2, -0.15) is 0 Å². The molecule has 0 aliphatic heterocycles. The maximum absolute atomic E-state index is 13.1. The first-order valence-corrected chi connectivity index (χ1v) is 44.7. The molecule has 3 N–H and O–H groups in total. The molecular weight excluding hydrogens is 1430 g/mol. The van der Waals surface area contributed by atoms with E-state index in [1.165, 1.54) is 19.3 Å². The van der Waals surface area contributed by atoms with Gasteiger partial charge >= 0.3 is 39.5 Å². The van der Waals surface area contributed by atoms with E-state index in [1.54, 1.807) is 0 Å². The minimum Gasteiger partial charge on any atom is -0.462 e. The van der Waals surface area contributed by atoms with Crippen molar-refractivity contribution in [1.29, 1.82) is 0 Å². The molecule has 0 amide bonds. The van der Waals surface area contributed by atoms with E-state index in [0.29, 0.717) is 38.5 Å². The van der Waals surface area contributed by atoms with Crippen LogP contribution >= 0.6 is 15.6 Å². The summed E-state index contributed by atoms with van der Waals surface area (Å²) in [6, 6.07) is 0. The Bertz CT molecular complexity index is 2850. The second-order valence-electron chi connectivity index (χ2n) is 26.9. The summed E-state index contributed by atoms with van der Waals surface area (Å²) in [5.74, 6) is -2.36. The summed E-state index contributed by atoms with van der Waals surface area (Å²) in [5.41, 5.74) is 0. The largest absolute Gasteiger partial charge is 0.472 e.